The van der Waals surface area contributed by atoms with Crippen molar-refractivity contribution in [3.63, 3.8) is 0 Å². The van der Waals surface area contributed by atoms with Crippen LogP contribution in [-0.4, -0.2) is 144 Å². The molecular weight excluding hydrogens is 871 g/mol. The van der Waals surface area contributed by atoms with Gasteiger partial charge in [-0.1, -0.05) is 26.2 Å². The van der Waals surface area contributed by atoms with Crippen molar-refractivity contribution in [2.24, 2.45) is 5.73 Å². The summed E-state index contributed by atoms with van der Waals surface area (Å²) in [6.45, 7) is 9.06. The number of unbranched alkanes of at least 4 members (excludes halogenated alkanes) is 4. The van der Waals surface area contributed by atoms with Crippen LogP contribution in [0.15, 0.2) is 36.4 Å². The van der Waals surface area contributed by atoms with E-state index in [-0.39, 0.29) is 41.6 Å². The monoisotopic (exact) mass is 936 g/mol. The third kappa shape index (κ3) is 11.2. The van der Waals surface area contributed by atoms with Gasteiger partial charge < -0.3 is 41.0 Å². The molecule has 4 saturated heterocycles. The molecule has 68 heavy (non-hydrogen) atoms. The van der Waals surface area contributed by atoms with E-state index in [9.17, 15) is 28.8 Å². The summed E-state index contributed by atoms with van der Waals surface area (Å²) in [5.74, 6) is -0.835. The molecule has 364 valence electrons. The molecular formula is C49H65N11O8. The molecule has 5 aliphatic heterocycles. The SMILES string of the molecule is CCc1nc(C(N)=O)c(Nc2ccc(N3CCC(N4CCN(C(=O)CCCCCCCNc5ccc6c(c5)C(=O)N(C5CCC(=O)NC5=O)C6=O)CC4)CC3)c(OC)c2)nc1NC1CCOCC1. The number of aryl methyl sites for hydroxylation is 1. The first-order chi connectivity index (χ1) is 33.0. The predicted molar refractivity (Wildman–Crippen MR) is 256 cm³/mol. The Balaban J connectivity index is 0.722. The van der Waals surface area contributed by atoms with Gasteiger partial charge in [0.2, 0.25) is 17.7 Å². The number of amides is 6. The molecule has 0 spiro atoms. The Hall–Kier alpha value is -6.34. The topological polar surface area (TPSA) is 234 Å². The minimum Gasteiger partial charge on any atom is -0.495 e. The van der Waals surface area contributed by atoms with Crippen LogP contribution in [0.2, 0.25) is 0 Å². The number of carbonyl (C=O) groups is 6. The van der Waals surface area contributed by atoms with Gasteiger partial charge in [-0.05, 0) is 81.7 Å². The van der Waals surface area contributed by atoms with Crippen LogP contribution in [0.1, 0.15) is 121 Å². The summed E-state index contributed by atoms with van der Waals surface area (Å²) in [5, 5.41) is 12.4. The average Bonchev–Trinajstić information content (AvgIpc) is 3.59. The van der Waals surface area contributed by atoms with Gasteiger partial charge in [-0.25, -0.2) is 9.97 Å². The summed E-state index contributed by atoms with van der Waals surface area (Å²) in [6.07, 6.45) is 9.88. The molecule has 4 fully saturated rings. The van der Waals surface area contributed by atoms with Crippen LogP contribution >= 0.6 is 0 Å². The third-order valence-corrected chi connectivity index (χ3v) is 13.9. The highest BCUT2D eigenvalue weighted by atomic mass is 16.5. The van der Waals surface area contributed by atoms with Crippen LogP contribution in [-0.2, 0) is 25.5 Å². The van der Waals surface area contributed by atoms with E-state index in [2.05, 4.69) is 36.1 Å². The fourth-order valence-corrected chi connectivity index (χ4v) is 9.99. The number of fused-ring (bicyclic) bond motifs is 1. The van der Waals surface area contributed by atoms with Crippen molar-refractivity contribution in [3.8, 4) is 5.75 Å². The molecule has 6 heterocycles. The summed E-state index contributed by atoms with van der Waals surface area (Å²) >= 11 is 0. The minimum atomic E-state index is -0.984. The number of rotatable bonds is 19. The highest BCUT2D eigenvalue weighted by Gasteiger charge is 2.44. The zero-order chi connectivity index (χ0) is 47.7. The molecule has 2 aromatic carbocycles. The fourth-order valence-electron chi connectivity index (χ4n) is 9.99. The standard InChI is InChI=1S/C49H65N11O8/c1-3-37-45(52-31-18-27-68-28-19-31)56-46(43(54-37)44(50)63)53-33-11-13-38(40(30-33)67-2)58-21-16-34(17-22-58)57-23-25-59(26-24-57)42(62)9-7-5-4-6-8-20-51-32-10-12-35-36(29-32)49(66)60(48(35)65)39-14-15-41(61)55-47(39)64/h10-13,29-31,34,39,51H,3-9,14-28H2,1-2H3,(H2,50,63)(H2,52,53,56)(H,55,61,64). The molecule has 19 heteroatoms. The summed E-state index contributed by atoms with van der Waals surface area (Å²) in [7, 11) is 1.66. The number of hydrogen-bond acceptors (Lipinski definition) is 15. The highest BCUT2D eigenvalue weighted by molar-refractivity contribution is 6.23. The normalized spacial score (nSPS) is 19.5. The molecule has 3 aromatic rings. The molecule has 0 aliphatic carbocycles. The van der Waals surface area contributed by atoms with Gasteiger partial charge in [-0.2, -0.15) is 0 Å². The molecule has 1 unspecified atom stereocenters. The number of ether oxygens (including phenoxy) is 2. The molecule has 19 nitrogen and oxygen atoms in total. The van der Waals surface area contributed by atoms with Crippen molar-refractivity contribution >= 4 is 64.1 Å². The second kappa shape index (κ2) is 22.2. The number of nitrogens with one attached hydrogen (secondary N) is 4. The van der Waals surface area contributed by atoms with Crippen molar-refractivity contribution < 1.29 is 38.2 Å². The minimum absolute atomic E-state index is 0.0810. The lowest BCUT2D eigenvalue weighted by atomic mass is 10.0. The Morgan fingerprint density at radius 2 is 1.54 bits per heavy atom. The largest absolute Gasteiger partial charge is 0.495 e. The summed E-state index contributed by atoms with van der Waals surface area (Å²) in [4.78, 5) is 93.0. The Bertz CT molecular complexity index is 2360. The van der Waals surface area contributed by atoms with Crippen molar-refractivity contribution in [1.29, 1.82) is 0 Å². The van der Waals surface area contributed by atoms with Gasteiger partial charge in [0.1, 0.15) is 11.8 Å². The molecule has 5 aliphatic rings. The van der Waals surface area contributed by atoms with Crippen LogP contribution in [0.5, 0.6) is 5.75 Å². The number of imide groups is 2. The number of methoxy groups -OCH3 is 1. The molecule has 0 saturated carbocycles. The fraction of sp³-hybridized carbons (Fsp3) is 0.551. The maximum absolute atomic E-state index is 13.1. The molecule has 1 atom stereocenters. The molecule has 1 aromatic heterocycles. The van der Waals surface area contributed by atoms with Gasteiger partial charge in [-0.3, -0.25) is 43.9 Å². The Morgan fingerprint density at radius 3 is 2.26 bits per heavy atom. The van der Waals surface area contributed by atoms with Gasteiger partial charge in [-0.15, -0.1) is 0 Å². The second-order valence-corrected chi connectivity index (χ2v) is 18.3. The number of primary amides is 1. The van der Waals surface area contributed by atoms with Gasteiger partial charge in [0.25, 0.3) is 17.7 Å². The van der Waals surface area contributed by atoms with Gasteiger partial charge in [0.15, 0.2) is 17.3 Å². The highest BCUT2D eigenvalue weighted by Crippen LogP contribution is 2.36. The predicted octanol–water partition coefficient (Wildman–Crippen LogP) is 4.45. The van der Waals surface area contributed by atoms with E-state index >= 15 is 0 Å². The number of carbonyl (C=O) groups excluding carboxylic acids is 6. The van der Waals surface area contributed by atoms with Gasteiger partial charge in [0, 0.05) is 101 Å². The first kappa shape index (κ1) is 48.1. The van der Waals surface area contributed by atoms with Crippen LogP contribution in [0.3, 0.4) is 0 Å². The first-order valence-electron chi connectivity index (χ1n) is 24.4. The van der Waals surface area contributed by atoms with Crippen molar-refractivity contribution in [1.82, 2.24) is 30.0 Å². The average molecular weight is 936 g/mol. The second-order valence-electron chi connectivity index (χ2n) is 18.3. The smallest absolute Gasteiger partial charge is 0.271 e. The number of piperidine rings is 2. The molecule has 8 rings (SSSR count). The number of piperazine rings is 1. The number of anilines is 5. The number of nitrogens with two attached hydrogens (primary N) is 1. The molecule has 6 N–H and O–H groups in total. The molecule has 6 amide bonds. The maximum atomic E-state index is 13.1. The van der Waals surface area contributed by atoms with Crippen molar-refractivity contribution in [2.75, 3.05) is 87.0 Å². The Kier molecular flexibility index (Phi) is 15.7. The lowest BCUT2D eigenvalue weighted by Gasteiger charge is -2.43. The molecule has 0 bridgehead atoms. The van der Waals surface area contributed by atoms with Crippen molar-refractivity contribution in [2.45, 2.75) is 109 Å². The Morgan fingerprint density at radius 1 is 0.824 bits per heavy atom. The van der Waals surface area contributed by atoms with E-state index < -0.39 is 35.6 Å². The first-order valence-corrected chi connectivity index (χ1v) is 24.4. The van der Waals surface area contributed by atoms with Gasteiger partial charge >= 0.3 is 0 Å². The van der Waals surface area contributed by atoms with E-state index in [0.29, 0.717) is 67.4 Å². The number of hydrogen-bond donors (Lipinski definition) is 5. The van der Waals surface area contributed by atoms with E-state index in [4.69, 9.17) is 20.2 Å². The molecule has 0 radical (unpaired) electrons. The van der Waals surface area contributed by atoms with Crippen LogP contribution in [0, 0.1) is 0 Å². The number of nitrogens with zero attached hydrogens (tertiary/aromatic N) is 6. The van der Waals surface area contributed by atoms with Crippen LogP contribution in [0.25, 0.3) is 0 Å². The number of aromatic nitrogens is 2. The quantitative estimate of drug-likeness (QED) is 0.0826. The lowest BCUT2D eigenvalue weighted by Crippen LogP contribution is -2.54. The van der Waals surface area contributed by atoms with E-state index in [1.807, 2.05) is 30.0 Å². The van der Waals surface area contributed by atoms with Crippen LogP contribution in [0.4, 0.5) is 28.7 Å². The summed E-state index contributed by atoms with van der Waals surface area (Å²) in [5.41, 5.74) is 9.51. The number of benzene rings is 2. The summed E-state index contributed by atoms with van der Waals surface area (Å²) < 4.78 is 11.4. The Labute approximate surface area is 397 Å². The van der Waals surface area contributed by atoms with Crippen molar-refractivity contribution in [3.05, 3.63) is 58.9 Å². The zero-order valence-electron chi connectivity index (χ0n) is 39.3. The summed E-state index contributed by atoms with van der Waals surface area (Å²) in [6, 6.07) is 10.6. The van der Waals surface area contributed by atoms with Gasteiger partial charge in [0.05, 0.1) is 29.6 Å². The zero-order valence-corrected chi connectivity index (χ0v) is 39.3. The van der Waals surface area contributed by atoms with Crippen LogP contribution < -0.4 is 36.6 Å². The lowest BCUT2D eigenvalue weighted by molar-refractivity contribution is -0.136. The van der Waals surface area contributed by atoms with E-state index in [1.165, 1.54) is 0 Å². The van der Waals surface area contributed by atoms with E-state index in [1.54, 1.807) is 25.3 Å². The maximum Gasteiger partial charge on any atom is 0.271 e. The van der Waals surface area contributed by atoms with E-state index in [0.717, 1.165) is 113 Å². The third-order valence-electron chi connectivity index (χ3n) is 13.9.